The quantitative estimate of drug-likeness (QED) is 0.467. The van der Waals surface area contributed by atoms with Gasteiger partial charge in [-0.15, -0.1) is 0 Å². The van der Waals surface area contributed by atoms with Crippen molar-refractivity contribution in [2.75, 3.05) is 5.73 Å². The van der Waals surface area contributed by atoms with Gasteiger partial charge in [0.1, 0.15) is 35.1 Å². The molecule has 154 valence electrons. The van der Waals surface area contributed by atoms with Crippen LogP contribution < -0.4 is 16.0 Å². The number of pyridine rings is 1. The zero-order valence-corrected chi connectivity index (χ0v) is 15.9. The number of halogens is 2. The molecule has 0 saturated carbocycles. The number of nitrogen functional groups attached to an aromatic ring is 1. The molecule has 0 unspecified atom stereocenters. The fourth-order valence-corrected chi connectivity index (χ4v) is 3.05. The number of carbonyl (C=O) groups is 2. The van der Waals surface area contributed by atoms with Crippen LogP contribution in [0.4, 0.5) is 10.2 Å². The van der Waals surface area contributed by atoms with Crippen LogP contribution in [0.25, 0.3) is 11.1 Å². The number of carboxylic acids is 2. The third kappa shape index (κ3) is 4.11. The number of hydrogen-bond donors (Lipinski definition) is 4. The molecule has 0 aliphatic heterocycles. The second-order valence-corrected chi connectivity index (χ2v) is 6.60. The number of ether oxygens (including phenoxy) is 1. The summed E-state index contributed by atoms with van der Waals surface area (Å²) in [5.41, 5.74) is 3.26. The maximum Gasteiger partial charge on any atom is 0.342 e. The smallest absolute Gasteiger partial charge is 0.342 e. The van der Waals surface area contributed by atoms with Crippen LogP contribution in [0.5, 0.6) is 5.75 Å². The number of rotatable bonds is 6. The van der Waals surface area contributed by atoms with E-state index in [0.717, 1.165) is 0 Å². The van der Waals surface area contributed by atoms with E-state index in [0.29, 0.717) is 5.56 Å². The van der Waals surface area contributed by atoms with Crippen molar-refractivity contribution in [1.82, 2.24) is 4.98 Å². The van der Waals surface area contributed by atoms with Gasteiger partial charge >= 0.3 is 11.9 Å². The monoisotopic (exact) mass is 432 g/mol. The molecule has 0 bridgehead atoms. The molecule has 10 heteroatoms. The van der Waals surface area contributed by atoms with Gasteiger partial charge in [-0.05, 0) is 35.9 Å². The number of nitrogens with two attached hydrogens (primary N) is 1. The first-order chi connectivity index (χ1) is 14.2. The minimum absolute atomic E-state index is 0.0433. The molecule has 0 atom stereocenters. The second kappa shape index (κ2) is 8.26. The highest BCUT2D eigenvalue weighted by Gasteiger charge is 2.28. The Morgan fingerprint density at radius 1 is 1.07 bits per heavy atom. The number of anilines is 1. The molecule has 0 saturated heterocycles. The summed E-state index contributed by atoms with van der Waals surface area (Å²) in [7, 11) is 0. The molecule has 0 radical (unpaired) electrons. The van der Waals surface area contributed by atoms with E-state index in [9.17, 15) is 29.0 Å². The van der Waals surface area contributed by atoms with Crippen molar-refractivity contribution in [2.24, 2.45) is 0 Å². The number of H-pyrrole nitrogens is 1. The fourth-order valence-electron chi connectivity index (χ4n) is 2.88. The third-order valence-electron chi connectivity index (χ3n) is 4.19. The molecule has 0 aliphatic carbocycles. The number of aromatic amines is 1. The van der Waals surface area contributed by atoms with Crippen LogP contribution in [0.15, 0.2) is 47.3 Å². The second-order valence-electron chi connectivity index (χ2n) is 6.16. The van der Waals surface area contributed by atoms with Gasteiger partial charge in [0.15, 0.2) is 0 Å². The molecule has 2 aromatic carbocycles. The van der Waals surface area contributed by atoms with Crippen LogP contribution in [0.3, 0.4) is 0 Å². The molecule has 3 rings (SSSR count). The zero-order chi connectivity index (χ0) is 22.0. The SMILES string of the molecule is Nc1[nH]c(=O)c(C(=O)O)c(-c2cc(Cl)ccc2OCc2ccc(F)cc2)c1C(=O)O. The van der Waals surface area contributed by atoms with Crippen molar-refractivity contribution < 1.29 is 28.9 Å². The number of nitrogens with one attached hydrogen (secondary N) is 1. The highest BCUT2D eigenvalue weighted by atomic mass is 35.5. The summed E-state index contributed by atoms with van der Waals surface area (Å²) in [5.74, 6) is -4.10. The van der Waals surface area contributed by atoms with Crippen molar-refractivity contribution in [2.45, 2.75) is 6.61 Å². The Morgan fingerprint density at radius 2 is 1.70 bits per heavy atom. The lowest BCUT2D eigenvalue weighted by molar-refractivity contribution is 0.0695. The molecule has 0 spiro atoms. The van der Waals surface area contributed by atoms with Gasteiger partial charge in [0, 0.05) is 16.1 Å². The van der Waals surface area contributed by atoms with Crippen molar-refractivity contribution in [3.8, 4) is 16.9 Å². The summed E-state index contributed by atoms with van der Waals surface area (Å²) >= 11 is 6.04. The first-order valence-corrected chi connectivity index (χ1v) is 8.76. The van der Waals surface area contributed by atoms with Gasteiger partial charge in [0.05, 0.1) is 0 Å². The number of carboxylic acid groups (broad SMARTS) is 2. The van der Waals surface area contributed by atoms with E-state index >= 15 is 0 Å². The van der Waals surface area contributed by atoms with Crippen LogP contribution in [-0.4, -0.2) is 27.1 Å². The highest BCUT2D eigenvalue weighted by Crippen LogP contribution is 2.38. The van der Waals surface area contributed by atoms with E-state index in [4.69, 9.17) is 22.1 Å². The molecule has 30 heavy (non-hydrogen) atoms. The minimum Gasteiger partial charge on any atom is -0.488 e. The molecule has 1 aromatic heterocycles. The van der Waals surface area contributed by atoms with Gasteiger partial charge in [-0.3, -0.25) is 4.79 Å². The molecule has 0 fully saturated rings. The van der Waals surface area contributed by atoms with Crippen LogP contribution in [0, 0.1) is 5.82 Å². The number of hydrogen-bond acceptors (Lipinski definition) is 5. The predicted molar refractivity (Wildman–Crippen MR) is 107 cm³/mol. The van der Waals surface area contributed by atoms with Crippen LogP contribution >= 0.6 is 11.6 Å². The van der Waals surface area contributed by atoms with Crippen LogP contribution in [0.1, 0.15) is 26.3 Å². The number of aromatic nitrogens is 1. The van der Waals surface area contributed by atoms with Gasteiger partial charge in [0.25, 0.3) is 5.56 Å². The van der Waals surface area contributed by atoms with E-state index in [1.807, 2.05) is 4.98 Å². The van der Waals surface area contributed by atoms with Gasteiger partial charge in [-0.1, -0.05) is 23.7 Å². The summed E-state index contributed by atoms with van der Waals surface area (Å²) in [4.78, 5) is 37.8. The van der Waals surface area contributed by atoms with Crippen molar-refractivity contribution >= 4 is 29.4 Å². The standard InChI is InChI=1S/C20H14ClFN2O6/c21-10-3-6-13(30-8-9-1-4-11(22)5-2-9)12(7-10)14-15(19(26)27)17(23)24-18(25)16(14)20(28)29/h1-7H,8H2,(H,26,27)(H,28,29)(H3,23,24,25). The lowest BCUT2D eigenvalue weighted by Crippen LogP contribution is -2.24. The average Bonchev–Trinajstić information content (AvgIpc) is 2.66. The molecule has 0 aliphatic rings. The minimum atomic E-state index is -1.65. The van der Waals surface area contributed by atoms with E-state index in [1.54, 1.807) is 0 Å². The molecular formula is C20H14ClFN2O6. The molecule has 5 N–H and O–H groups in total. The maximum absolute atomic E-state index is 13.1. The van der Waals surface area contributed by atoms with Crippen LogP contribution in [-0.2, 0) is 6.61 Å². The normalized spacial score (nSPS) is 10.6. The summed E-state index contributed by atoms with van der Waals surface area (Å²) < 4.78 is 18.8. The van der Waals surface area contributed by atoms with E-state index < -0.39 is 45.8 Å². The van der Waals surface area contributed by atoms with Crippen LogP contribution in [0.2, 0.25) is 5.02 Å². The summed E-state index contributed by atoms with van der Waals surface area (Å²) in [6, 6.07) is 9.57. The Kier molecular flexibility index (Phi) is 5.74. The molecule has 3 aromatic rings. The molecule has 1 heterocycles. The number of aromatic carboxylic acids is 2. The maximum atomic E-state index is 13.1. The zero-order valence-electron chi connectivity index (χ0n) is 15.1. The summed E-state index contributed by atoms with van der Waals surface area (Å²) in [5, 5.41) is 19.3. The fraction of sp³-hybridized carbons (Fsp3) is 0.0500. The van der Waals surface area contributed by atoms with Gasteiger partial charge < -0.3 is 25.7 Å². The van der Waals surface area contributed by atoms with Gasteiger partial charge in [-0.2, -0.15) is 0 Å². The van der Waals surface area contributed by atoms with E-state index in [-0.39, 0.29) is 22.9 Å². The number of benzene rings is 2. The Hall–Kier alpha value is -3.85. The topological polar surface area (TPSA) is 143 Å². The first-order valence-electron chi connectivity index (χ1n) is 8.38. The molecule has 0 amide bonds. The Morgan fingerprint density at radius 3 is 2.30 bits per heavy atom. The molecular weight excluding hydrogens is 419 g/mol. The largest absolute Gasteiger partial charge is 0.488 e. The van der Waals surface area contributed by atoms with Gasteiger partial charge in [-0.25, -0.2) is 14.0 Å². The Labute approximate surface area is 173 Å². The lowest BCUT2D eigenvalue weighted by Gasteiger charge is -2.16. The van der Waals surface area contributed by atoms with Crippen molar-refractivity contribution in [3.63, 3.8) is 0 Å². The predicted octanol–water partition coefficient (Wildman–Crippen LogP) is 3.39. The highest BCUT2D eigenvalue weighted by molar-refractivity contribution is 6.31. The third-order valence-corrected chi connectivity index (χ3v) is 4.43. The van der Waals surface area contributed by atoms with E-state index in [2.05, 4.69) is 0 Å². The van der Waals surface area contributed by atoms with Gasteiger partial charge in [0.2, 0.25) is 0 Å². The molecule has 8 nitrogen and oxygen atoms in total. The lowest BCUT2D eigenvalue weighted by atomic mass is 9.94. The summed E-state index contributed by atoms with van der Waals surface area (Å²) in [6.07, 6.45) is 0. The van der Waals surface area contributed by atoms with Crippen molar-refractivity contribution in [3.05, 3.63) is 80.3 Å². The Balaban J connectivity index is 2.21. The summed E-state index contributed by atoms with van der Waals surface area (Å²) in [6.45, 7) is -0.0433. The Bertz CT molecular complexity index is 1210. The first kappa shape index (κ1) is 20.9. The van der Waals surface area contributed by atoms with E-state index in [1.165, 1.54) is 42.5 Å². The van der Waals surface area contributed by atoms with Crippen molar-refractivity contribution in [1.29, 1.82) is 0 Å². The average molecular weight is 433 g/mol.